The Bertz CT molecular complexity index is 681. The lowest BCUT2D eigenvalue weighted by Gasteiger charge is -2.05. The molecule has 0 radical (unpaired) electrons. The average Bonchev–Trinajstić information content (AvgIpc) is 2.82. The topological polar surface area (TPSA) is 93.5 Å². The number of anilines is 1. The van der Waals surface area contributed by atoms with Crippen LogP contribution >= 0.6 is 11.3 Å². The third kappa shape index (κ3) is 3.08. The van der Waals surface area contributed by atoms with E-state index in [-0.39, 0.29) is 18.4 Å². The van der Waals surface area contributed by atoms with Crippen molar-refractivity contribution in [3.05, 3.63) is 23.1 Å². The summed E-state index contributed by atoms with van der Waals surface area (Å²) >= 11 is 1.28. The SMILES string of the molecule is CCNC(=O)CNC(=O)c1sc2cccc(OC)c2c1N. The van der Waals surface area contributed by atoms with Gasteiger partial charge in [0.05, 0.1) is 24.7 Å². The molecule has 0 saturated carbocycles. The standard InChI is InChI=1S/C14H17N3O3S/c1-3-16-10(18)7-17-14(19)13-12(15)11-8(20-2)5-4-6-9(11)21-13/h4-6H,3,7,15H2,1-2H3,(H,16,18)(H,17,19). The summed E-state index contributed by atoms with van der Waals surface area (Å²) in [5, 5.41) is 5.90. The minimum atomic E-state index is -0.359. The lowest BCUT2D eigenvalue weighted by Crippen LogP contribution is -2.36. The average molecular weight is 307 g/mol. The summed E-state index contributed by atoms with van der Waals surface area (Å²) in [6.07, 6.45) is 0. The zero-order valence-corrected chi connectivity index (χ0v) is 12.7. The Morgan fingerprint density at radius 1 is 1.33 bits per heavy atom. The second-order valence-electron chi connectivity index (χ2n) is 4.31. The molecule has 0 unspecified atom stereocenters. The van der Waals surface area contributed by atoms with Crippen molar-refractivity contribution in [3.8, 4) is 5.75 Å². The minimum absolute atomic E-state index is 0.0719. The highest BCUT2D eigenvalue weighted by molar-refractivity contribution is 7.21. The van der Waals surface area contributed by atoms with Crippen LogP contribution in [0.25, 0.3) is 10.1 Å². The summed E-state index contributed by atoms with van der Waals surface area (Å²) < 4.78 is 6.13. The highest BCUT2D eigenvalue weighted by Gasteiger charge is 2.19. The number of amides is 2. The normalized spacial score (nSPS) is 10.4. The van der Waals surface area contributed by atoms with Gasteiger partial charge in [0, 0.05) is 11.2 Å². The van der Waals surface area contributed by atoms with E-state index in [4.69, 9.17) is 10.5 Å². The zero-order valence-electron chi connectivity index (χ0n) is 11.9. The second kappa shape index (κ2) is 6.45. The van der Waals surface area contributed by atoms with Gasteiger partial charge in [0.15, 0.2) is 0 Å². The van der Waals surface area contributed by atoms with Crippen molar-refractivity contribution < 1.29 is 14.3 Å². The fourth-order valence-corrected chi connectivity index (χ4v) is 3.04. The molecule has 1 heterocycles. The minimum Gasteiger partial charge on any atom is -0.496 e. The predicted molar refractivity (Wildman–Crippen MR) is 83.8 cm³/mol. The first-order valence-electron chi connectivity index (χ1n) is 6.48. The van der Waals surface area contributed by atoms with Crippen LogP contribution in [0.15, 0.2) is 18.2 Å². The van der Waals surface area contributed by atoms with Crippen molar-refractivity contribution in [2.45, 2.75) is 6.92 Å². The Balaban J connectivity index is 2.24. The van der Waals surface area contributed by atoms with Gasteiger partial charge in [-0.25, -0.2) is 0 Å². The van der Waals surface area contributed by atoms with Crippen LogP contribution in [0.3, 0.4) is 0 Å². The number of benzene rings is 1. The number of likely N-dealkylation sites (N-methyl/N-ethyl adjacent to an activating group) is 1. The molecule has 0 atom stereocenters. The van der Waals surface area contributed by atoms with Crippen LogP contribution in [0, 0.1) is 0 Å². The Morgan fingerprint density at radius 2 is 2.10 bits per heavy atom. The van der Waals surface area contributed by atoms with Crippen LogP contribution in [0.2, 0.25) is 0 Å². The monoisotopic (exact) mass is 307 g/mol. The van der Waals surface area contributed by atoms with Gasteiger partial charge in [0.1, 0.15) is 10.6 Å². The van der Waals surface area contributed by atoms with Crippen molar-refractivity contribution in [1.82, 2.24) is 10.6 Å². The molecule has 2 rings (SSSR count). The fourth-order valence-electron chi connectivity index (χ4n) is 1.98. The van der Waals surface area contributed by atoms with Gasteiger partial charge in [-0.15, -0.1) is 11.3 Å². The highest BCUT2D eigenvalue weighted by Crippen LogP contribution is 2.39. The number of methoxy groups -OCH3 is 1. The van der Waals surface area contributed by atoms with E-state index in [1.807, 2.05) is 19.1 Å². The third-order valence-corrected chi connectivity index (χ3v) is 4.09. The van der Waals surface area contributed by atoms with Crippen molar-refractivity contribution in [2.75, 3.05) is 25.9 Å². The molecule has 112 valence electrons. The van der Waals surface area contributed by atoms with Crippen LogP contribution in [-0.2, 0) is 4.79 Å². The number of rotatable bonds is 5. The molecule has 4 N–H and O–H groups in total. The number of carbonyl (C=O) groups is 2. The number of hydrogen-bond acceptors (Lipinski definition) is 5. The first-order valence-corrected chi connectivity index (χ1v) is 7.30. The molecule has 2 aromatic rings. The molecular formula is C14H17N3O3S. The highest BCUT2D eigenvalue weighted by atomic mass is 32.1. The van der Waals surface area contributed by atoms with Crippen LogP contribution in [0.4, 0.5) is 5.69 Å². The van der Waals surface area contributed by atoms with Gasteiger partial charge in [-0.05, 0) is 19.1 Å². The number of carbonyl (C=O) groups excluding carboxylic acids is 2. The molecule has 0 aliphatic rings. The Kier molecular flexibility index (Phi) is 4.64. The van der Waals surface area contributed by atoms with Crippen LogP contribution < -0.4 is 21.1 Å². The van der Waals surface area contributed by atoms with Gasteiger partial charge in [-0.1, -0.05) is 6.07 Å². The Labute approximate surface area is 126 Å². The summed E-state index contributed by atoms with van der Waals surface area (Å²) in [5.41, 5.74) is 6.43. The molecular weight excluding hydrogens is 290 g/mol. The molecule has 2 amide bonds. The number of thiophene rings is 1. The summed E-state index contributed by atoms with van der Waals surface area (Å²) in [6, 6.07) is 5.51. The van der Waals surface area contributed by atoms with Crippen molar-refractivity contribution in [2.24, 2.45) is 0 Å². The van der Waals surface area contributed by atoms with Crippen LogP contribution in [0.1, 0.15) is 16.6 Å². The number of nitrogen functional groups attached to an aromatic ring is 1. The molecule has 21 heavy (non-hydrogen) atoms. The van der Waals surface area contributed by atoms with Crippen molar-refractivity contribution in [3.63, 3.8) is 0 Å². The molecule has 0 bridgehead atoms. The van der Waals surface area contributed by atoms with E-state index in [1.165, 1.54) is 11.3 Å². The quantitative estimate of drug-likeness (QED) is 0.777. The molecule has 0 aliphatic heterocycles. The number of ether oxygens (including phenoxy) is 1. The van der Waals surface area contributed by atoms with Gasteiger partial charge in [0.2, 0.25) is 5.91 Å². The third-order valence-electron chi connectivity index (χ3n) is 2.92. The van der Waals surface area contributed by atoms with Gasteiger partial charge in [-0.3, -0.25) is 9.59 Å². The van der Waals surface area contributed by atoms with E-state index in [2.05, 4.69) is 10.6 Å². The van der Waals surface area contributed by atoms with Gasteiger partial charge < -0.3 is 21.1 Å². The second-order valence-corrected chi connectivity index (χ2v) is 5.37. The number of fused-ring (bicyclic) bond motifs is 1. The largest absolute Gasteiger partial charge is 0.496 e. The summed E-state index contributed by atoms with van der Waals surface area (Å²) in [4.78, 5) is 23.9. The summed E-state index contributed by atoms with van der Waals surface area (Å²) in [7, 11) is 1.56. The molecule has 1 aromatic carbocycles. The number of hydrogen-bond donors (Lipinski definition) is 3. The van der Waals surface area contributed by atoms with Gasteiger partial charge in [0.25, 0.3) is 5.91 Å². The molecule has 1 aromatic heterocycles. The maximum Gasteiger partial charge on any atom is 0.263 e. The number of nitrogens with one attached hydrogen (secondary N) is 2. The molecule has 0 saturated heterocycles. The van der Waals surface area contributed by atoms with Gasteiger partial charge >= 0.3 is 0 Å². The summed E-state index contributed by atoms with van der Waals surface area (Å²) in [6.45, 7) is 2.27. The molecule has 0 aliphatic carbocycles. The van der Waals surface area contributed by atoms with E-state index < -0.39 is 0 Å². The smallest absolute Gasteiger partial charge is 0.263 e. The lowest BCUT2D eigenvalue weighted by molar-refractivity contribution is -0.120. The van der Waals surface area contributed by atoms with Crippen molar-refractivity contribution >= 4 is 38.9 Å². The molecule has 0 spiro atoms. The summed E-state index contributed by atoms with van der Waals surface area (Å²) in [5.74, 6) is 0.0362. The lowest BCUT2D eigenvalue weighted by atomic mass is 10.2. The first kappa shape index (κ1) is 15.1. The zero-order chi connectivity index (χ0) is 15.4. The number of nitrogens with two attached hydrogens (primary N) is 1. The van der Waals surface area contributed by atoms with Crippen molar-refractivity contribution in [1.29, 1.82) is 0 Å². The van der Waals surface area contributed by atoms with Gasteiger partial charge in [-0.2, -0.15) is 0 Å². The van der Waals surface area contributed by atoms with E-state index in [1.54, 1.807) is 13.2 Å². The van der Waals surface area contributed by atoms with E-state index >= 15 is 0 Å². The molecule has 0 fully saturated rings. The van der Waals surface area contributed by atoms with Crippen LogP contribution in [0.5, 0.6) is 5.75 Å². The fraction of sp³-hybridized carbons (Fsp3) is 0.286. The first-order chi connectivity index (χ1) is 10.1. The van der Waals surface area contributed by atoms with E-state index in [0.29, 0.717) is 22.9 Å². The van der Waals surface area contributed by atoms with Crippen LogP contribution in [-0.4, -0.2) is 32.0 Å². The molecule has 7 heteroatoms. The maximum atomic E-state index is 12.1. The maximum absolute atomic E-state index is 12.1. The molecule has 6 nitrogen and oxygen atoms in total. The Morgan fingerprint density at radius 3 is 2.76 bits per heavy atom. The van der Waals surface area contributed by atoms with E-state index in [9.17, 15) is 9.59 Å². The Hall–Kier alpha value is -2.28. The predicted octanol–water partition coefficient (Wildman–Crippen LogP) is 1.36. The van der Waals surface area contributed by atoms with E-state index in [0.717, 1.165) is 10.1 Å².